The number of aliphatic hydroxyl groups is 1. The van der Waals surface area contributed by atoms with E-state index in [1.165, 1.54) is 11.3 Å². The maximum absolute atomic E-state index is 11.9. The van der Waals surface area contributed by atoms with E-state index in [0.29, 0.717) is 11.3 Å². The van der Waals surface area contributed by atoms with Crippen LogP contribution in [0.3, 0.4) is 0 Å². The Balaban J connectivity index is 1.76. The van der Waals surface area contributed by atoms with Crippen LogP contribution in [0.5, 0.6) is 5.75 Å². The number of carbonyl (C=O) groups is 1. The number of amides is 1. The molecular weight excluding hydrogens is 286 g/mol. The van der Waals surface area contributed by atoms with Gasteiger partial charge in [0.1, 0.15) is 18.5 Å². The molecule has 1 aromatic carbocycles. The lowest BCUT2D eigenvalue weighted by Crippen LogP contribution is -2.35. The third-order valence-electron chi connectivity index (χ3n) is 3.03. The molecule has 2 aromatic rings. The van der Waals surface area contributed by atoms with Gasteiger partial charge in [0.05, 0.1) is 5.56 Å². The van der Waals surface area contributed by atoms with Crippen LogP contribution < -0.4 is 10.1 Å². The molecule has 5 heteroatoms. The molecule has 1 aromatic heterocycles. The van der Waals surface area contributed by atoms with Crippen molar-refractivity contribution in [3.63, 3.8) is 0 Å². The van der Waals surface area contributed by atoms with E-state index < -0.39 is 6.10 Å². The third kappa shape index (κ3) is 4.58. The first-order chi connectivity index (χ1) is 10.1. The van der Waals surface area contributed by atoms with Crippen molar-refractivity contribution in [1.29, 1.82) is 0 Å². The summed E-state index contributed by atoms with van der Waals surface area (Å²) in [5.41, 5.74) is 2.71. The minimum absolute atomic E-state index is 0.145. The van der Waals surface area contributed by atoms with Gasteiger partial charge in [-0.3, -0.25) is 4.79 Å². The van der Waals surface area contributed by atoms with Crippen molar-refractivity contribution in [2.24, 2.45) is 0 Å². The molecule has 0 fully saturated rings. The maximum Gasteiger partial charge on any atom is 0.252 e. The number of aliphatic hydroxyl groups excluding tert-OH is 1. The first-order valence-corrected chi connectivity index (χ1v) is 7.69. The molecule has 0 saturated carbocycles. The van der Waals surface area contributed by atoms with E-state index in [-0.39, 0.29) is 19.1 Å². The van der Waals surface area contributed by atoms with Gasteiger partial charge >= 0.3 is 0 Å². The Morgan fingerprint density at radius 1 is 1.38 bits per heavy atom. The number of ether oxygens (including phenoxy) is 1. The number of nitrogens with one attached hydrogen (secondary N) is 1. The Morgan fingerprint density at radius 3 is 2.86 bits per heavy atom. The highest BCUT2D eigenvalue weighted by Crippen LogP contribution is 2.14. The fourth-order valence-corrected chi connectivity index (χ4v) is 2.68. The number of carbonyl (C=O) groups excluding carboxylic acids is 1. The average molecular weight is 305 g/mol. The molecule has 0 radical (unpaired) electrons. The third-order valence-corrected chi connectivity index (χ3v) is 3.89. The Labute approximate surface area is 128 Å². The smallest absolute Gasteiger partial charge is 0.252 e. The molecule has 0 bridgehead atoms. The van der Waals surface area contributed by atoms with E-state index in [4.69, 9.17) is 4.74 Å². The first kappa shape index (κ1) is 15.5. The summed E-state index contributed by atoms with van der Waals surface area (Å²) < 4.78 is 5.50. The van der Waals surface area contributed by atoms with Gasteiger partial charge in [0, 0.05) is 11.9 Å². The van der Waals surface area contributed by atoms with Gasteiger partial charge in [-0.15, -0.1) is 0 Å². The molecule has 1 heterocycles. The summed E-state index contributed by atoms with van der Waals surface area (Å²) in [7, 11) is 0. The van der Waals surface area contributed by atoms with Crippen molar-refractivity contribution in [2.75, 3.05) is 13.2 Å². The summed E-state index contributed by atoms with van der Waals surface area (Å²) in [6.07, 6.45) is -0.742. The molecule has 1 amide bonds. The van der Waals surface area contributed by atoms with Crippen LogP contribution in [-0.4, -0.2) is 30.3 Å². The van der Waals surface area contributed by atoms with Crippen molar-refractivity contribution >= 4 is 17.2 Å². The molecule has 0 aliphatic heterocycles. The summed E-state index contributed by atoms with van der Waals surface area (Å²) in [6.45, 7) is 4.18. The average Bonchev–Trinajstić information content (AvgIpc) is 2.89. The van der Waals surface area contributed by atoms with Crippen LogP contribution in [0.4, 0.5) is 0 Å². The number of aryl methyl sites for hydroxylation is 2. The highest BCUT2D eigenvalue weighted by molar-refractivity contribution is 7.08. The lowest BCUT2D eigenvalue weighted by molar-refractivity contribution is 0.0843. The molecule has 21 heavy (non-hydrogen) atoms. The summed E-state index contributed by atoms with van der Waals surface area (Å²) in [5, 5.41) is 16.3. The van der Waals surface area contributed by atoms with Crippen LogP contribution in [0.25, 0.3) is 0 Å². The highest BCUT2D eigenvalue weighted by Gasteiger charge is 2.12. The topological polar surface area (TPSA) is 58.6 Å². The monoisotopic (exact) mass is 305 g/mol. The van der Waals surface area contributed by atoms with Gasteiger partial charge in [0.25, 0.3) is 5.91 Å². The number of thiophene rings is 1. The number of benzene rings is 1. The molecule has 0 saturated heterocycles. The van der Waals surface area contributed by atoms with E-state index in [1.807, 2.05) is 43.5 Å². The van der Waals surface area contributed by atoms with E-state index in [2.05, 4.69) is 5.32 Å². The van der Waals surface area contributed by atoms with Crippen molar-refractivity contribution in [3.8, 4) is 5.75 Å². The zero-order valence-electron chi connectivity index (χ0n) is 12.1. The standard InChI is InChI=1S/C16H19NO3S/c1-11-4-3-5-14(6-11)20-8-13(18)7-17-16(19)15-10-21-9-12(15)2/h3-6,9-10,13,18H,7-8H2,1-2H3,(H,17,19). The molecule has 1 unspecified atom stereocenters. The first-order valence-electron chi connectivity index (χ1n) is 6.75. The largest absolute Gasteiger partial charge is 0.491 e. The molecule has 0 aliphatic rings. The molecule has 4 nitrogen and oxygen atoms in total. The maximum atomic E-state index is 11.9. The molecular formula is C16H19NO3S. The Bertz CT molecular complexity index is 609. The van der Waals surface area contributed by atoms with Gasteiger partial charge in [-0.2, -0.15) is 11.3 Å². The van der Waals surface area contributed by atoms with E-state index in [0.717, 1.165) is 11.1 Å². The SMILES string of the molecule is Cc1cccc(OCC(O)CNC(=O)c2cscc2C)c1. The van der Waals surface area contributed by atoms with E-state index >= 15 is 0 Å². The predicted octanol–water partition coefficient (Wildman–Crippen LogP) is 2.53. The van der Waals surface area contributed by atoms with Crippen molar-refractivity contribution < 1.29 is 14.6 Å². The van der Waals surface area contributed by atoms with Gasteiger partial charge in [-0.1, -0.05) is 12.1 Å². The van der Waals surface area contributed by atoms with Crippen LogP contribution in [0, 0.1) is 13.8 Å². The molecule has 112 valence electrons. The lowest BCUT2D eigenvalue weighted by Gasteiger charge is -2.13. The van der Waals surface area contributed by atoms with Crippen LogP contribution in [0.1, 0.15) is 21.5 Å². The Morgan fingerprint density at radius 2 is 2.19 bits per heavy atom. The molecule has 2 N–H and O–H groups in total. The van der Waals surface area contributed by atoms with Crippen LogP contribution in [-0.2, 0) is 0 Å². The van der Waals surface area contributed by atoms with Crippen LogP contribution >= 0.6 is 11.3 Å². The normalized spacial score (nSPS) is 12.0. The summed E-state index contributed by atoms with van der Waals surface area (Å²) in [6, 6.07) is 7.62. The van der Waals surface area contributed by atoms with Crippen molar-refractivity contribution in [3.05, 3.63) is 51.7 Å². The summed E-state index contributed by atoms with van der Waals surface area (Å²) >= 11 is 1.49. The Hall–Kier alpha value is -1.85. The number of hydrogen-bond donors (Lipinski definition) is 2. The minimum Gasteiger partial charge on any atom is -0.491 e. The molecule has 1 atom stereocenters. The molecule has 2 rings (SSSR count). The second-order valence-corrected chi connectivity index (χ2v) is 5.70. The highest BCUT2D eigenvalue weighted by atomic mass is 32.1. The van der Waals surface area contributed by atoms with E-state index in [1.54, 1.807) is 5.38 Å². The summed E-state index contributed by atoms with van der Waals surface area (Å²) in [4.78, 5) is 11.9. The Kier molecular flexibility index (Phi) is 5.36. The molecule has 0 spiro atoms. The van der Waals surface area contributed by atoms with Gasteiger partial charge in [-0.25, -0.2) is 0 Å². The zero-order valence-corrected chi connectivity index (χ0v) is 12.9. The molecule has 0 aliphatic carbocycles. The lowest BCUT2D eigenvalue weighted by atomic mass is 10.2. The van der Waals surface area contributed by atoms with Gasteiger partial charge in [-0.05, 0) is 42.5 Å². The van der Waals surface area contributed by atoms with Crippen LogP contribution in [0.2, 0.25) is 0 Å². The quantitative estimate of drug-likeness (QED) is 0.862. The number of rotatable bonds is 6. The fraction of sp³-hybridized carbons (Fsp3) is 0.312. The van der Waals surface area contributed by atoms with Crippen molar-refractivity contribution in [1.82, 2.24) is 5.32 Å². The van der Waals surface area contributed by atoms with Gasteiger partial charge < -0.3 is 15.2 Å². The second-order valence-electron chi connectivity index (χ2n) is 4.96. The summed E-state index contributed by atoms with van der Waals surface area (Å²) in [5.74, 6) is 0.553. The number of hydrogen-bond acceptors (Lipinski definition) is 4. The fourth-order valence-electron chi connectivity index (χ4n) is 1.86. The van der Waals surface area contributed by atoms with Crippen LogP contribution in [0.15, 0.2) is 35.0 Å². The van der Waals surface area contributed by atoms with Gasteiger partial charge in [0.15, 0.2) is 0 Å². The van der Waals surface area contributed by atoms with E-state index in [9.17, 15) is 9.90 Å². The second kappa shape index (κ2) is 7.24. The van der Waals surface area contributed by atoms with Crippen molar-refractivity contribution in [2.45, 2.75) is 20.0 Å². The predicted molar refractivity (Wildman–Crippen MR) is 84.1 cm³/mol. The van der Waals surface area contributed by atoms with Gasteiger partial charge in [0.2, 0.25) is 0 Å². The minimum atomic E-state index is -0.742. The zero-order chi connectivity index (χ0) is 15.2.